The fourth-order valence-corrected chi connectivity index (χ4v) is 6.68. The molecular formula is C31H31O3P. The topological polar surface area (TPSA) is 27.7 Å². The Morgan fingerprint density at radius 1 is 0.714 bits per heavy atom. The van der Waals surface area contributed by atoms with Gasteiger partial charge in [-0.2, -0.15) is 0 Å². The SMILES string of the molecule is COc1ccccc1-c1ccccc1CP1Oc2c(C)cc(C)cc2Cc2cc(C)cc(C)c2O1. The van der Waals surface area contributed by atoms with E-state index in [4.69, 9.17) is 13.8 Å². The molecule has 0 spiro atoms. The number of para-hydroxylation sites is 1. The Bertz CT molecular complexity index is 1330. The zero-order valence-corrected chi connectivity index (χ0v) is 21.9. The largest absolute Gasteiger partial charge is 0.496 e. The van der Waals surface area contributed by atoms with Gasteiger partial charge in [-0.25, -0.2) is 0 Å². The van der Waals surface area contributed by atoms with E-state index in [-0.39, 0.29) is 0 Å². The first-order valence-corrected chi connectivity index (χ1v) is 13.3. The van der Waals surface area contributed by atoms with Crippen molar-refractivity contribution in [3.8, 4) is 28.4 Å². The van der Waals surface area contributed by atoms with Crippen molar-refractivity contribution in [2.75, 3.05) is 7.11 Å². The maximum Gasteiger partial charge on any atom is 0.295 e. The molecule has 178 valence electrons. The van der Waals surface area contributed by atoms with Crippen LogP contribution >= 0.6 is 8.38 Å². The van der Waals surface area contributed by atoms with Gasteiger partial charge in [-0.15, -0.1) is 0 Å². The number of aryl methyl sites for hydroxylation is 4. The Balaban J connectivity index is 1.60. The fourth-order valence-electron chi connectivity index (χ4n) is 5.03. The fraction of sp³-hybridized carbons (Fsp3) is 0.226. The molecule has 0 unspecified atom stereocenters. The average Bonchev–Trinajstić information content (AvgIpc) is 2.82. The Hall–Kier alpha value is -3.29. The third-order valence-corrected chi connectivity index (χ3v) is 7.84. The maximum absolute atomic E-state index is 6.73. The molecule has 4 aromatic carbocycles. The molecular weight excluding hydrogens is 451 g/mol. The molecule has 3 nitrogen and oxygen atoms in total. The standard InChI is InChI=1S/C31H31O3P/c1-20-14-22(3)30-25(16-20)18-26-17-21(2)15-23(4)31(26)34-35(33-30)19-24-10-6-7-11-27(24)28-12-8-9-13-29(28)32-5/h6-17H,18-19H2,1-5H3. The van der Waals surface area contributed by atoms with Gasteiger partial charge in [0.15, 0.2) is 0 Å². The molecule has 0 saturated heterocycles. The van der Waals surface area contributed by atoms with Gasteiger partial charge < -0.3 is 13.8 Å². The summed E-state index contributed by atoms with van der Waals surface area (Å²) in [5, 5.41) is 0. The number of methoxy groups -OCH3 is 1. The van der Waals surface area contributed by atoms with E-state index in [0.717, 1.165) is 45.9 Å². The minimum Gasteiger partial charge on any atom is -0.496 e. The summed E-state index contributed by atoms with van der Waals surface area (Å²) in [6, 6.07) is 25.5. The zero-order valence-electron chi connectivity index (χ0n) is 21.0. The lowest BCUT2D eigenvalue weighted by atomic mass is 9.96. The first-order valence-electron chi connectivity index (χ1n) is 12.0. The second-order valence-corrected chi connectivity index (χ2v) is 10.7. The van der Waals surface area contributed by atoms with Crippen LogP contribution in [0, 0.1) is 27.7 Å². The first kappa shape index (κ1) is 23.5. The van der Waals surface area contributed by atoms with Crippen LogP contribution in [0.4, 0.5) is 0 Å². The Labute approximate surface area is 209 Å². The molecule has 0 aromatic heterocycles. The van der Waals surface area contributed by atoms with Crippen molar-refractivity contribution < 1.29 is 13.8 Å². The summed E-state index contributed by atoms with van der Waals surface area (Å²) < 4.78 is 19.1. The van der Waals surface area contributed by atoms with Crippen LogP contribution in [0.25, 0.3) is 11.1 Å². The molecule has 5 rings (SSSR count). The number of hydrogen-bond donors (Lipinski definition) is 0. The molecule has 1 aliphatic heterocycles. The summed E-state index contributed by atoms with van der Waals surface area (Å²) in [5.74, 6) is 2.78. The first-order chi connectivity index (χ1) is 16.9. The maximum atomic E-state index is 6.73. The Kier molecular flexibility index (Phi) is 6.54. The summed E-state index contributed by atoms with van der Waals surface area (Å²) in [7, 11) is 0.440. The predicted octanol–water partition coefficient (Wildman–Crippen LogP) is 8.47. The van der Waals surface area contributed by atoms with E-state index in [9.17, 15) is 0 Å². The molecule has 35 heavy (non-hydrogen) atoms. The highest BCUT2D eigenvalue weighted by Gasteiger charge is 2.26. The van der Waals surface area contributed by atoms with Gasteiger partial charge in [0.1, 0.15) is 17.2 Å². The van der Waals surface area contributed by atoms with E-state index in [1.54, 1.807) is 7.11 Å². The summed E-state index contributed by atoms with van der Waals surface area (Å²) in [6.07, 6.45) is 1.47. The van der Waals surface area contributed by atoms with Crippen molar-refractivity contribution in [3.63, 3.8) is 0 Å². The number of fused-ring (bicyclic) bond motifs is 2. The normalized spacial score (nSPS) is 13.1. The van der Waals surface area contributed by atoms with Gasteiger partial charge in [-0.3, -0.25) is 0 Å². The van der Waals surface area contributed by atoms with Crippen molar-refractivity contribution in [1.82, 2.24) is 0 Å². The summed E-state index contributed by atoms with van der Waals surface area (Å²) in [5.41, 5.74) is 10.7. The highest BCUT2D eigenvalue weighted by atomic mass is 31.2. The molecule has 0 radical (unpaired) electrons. The van der Waals surface area contributed by atoms with E-state index in [2.05, 4.69) is 82.3 Å². The molecule has 0 atom stereocenters. The number of hydrogen-bond acceptors (Lipinski definition) is 3. The number of benzene rings is 4. The number of rotatable bonds is 4. The molecule has 0 fully saturated rings. The molecule has 1 aliphatic rings. The monoisotopic (exact) mass is 482 g/mol. The van der Waals surface area contributed by atoms with Crippen LogP contribution in [0.5, 0.6) is 17.2 Å². The van der Waals surface area contributed by atoms with Gasteiger partial charge in [0, 0.05) is 12.0 Å². The predicted molar refractivity (Wildman–Crippen MR) is 145 cm³/mol. The lowest BCUT2D eigenvalue weighted by molar-refractivity contribution is 0.416. The smallest absolute Gasteiger partial charge is 0.295 e. The van der Waals surface area contributed by atoms with Crippen LogP contribution in [0.1, 0.15) is 38.9 Å². The second-order valence-electron chi connectivity index (χ2n) is 9.35. The third-order valence-electron chi connectivity index (χ3n) is 6.47. The molecule has 1 heterocycles. The molecule has 0 aliphatic carbocycles. The zero-order chi connectivity index (χ0) is 24.5. The number of ether oxygens (including phenoxy) is 1. The van der Waals surface area contributed by atoms with Gasteiger partial charge in [0.2, 0.25) is 0 Å². The van der Waals surface area contributed by atoms with Gasteiger partial charge in [-0.05, 0) is 67.1 Å². The van der Waals surface area contributed by atoms with E-state index in [1.807, 2.05) is 18.2 Å². The van der Waals surface area contributed by atoms with Gasteiger partial charge >= 0.3 is 0 Å². The highest BCUT2D eigenvalue weighted by Crippen LogP contribution is 2.51. The van der Waals surface area contributed by atoms with Crippen LogP contribution in [0.15, 0.2) is 72.8 Å². The van der Waals surface area contributed by atoms with Gasteiger partial charge in [0.05, 0.1) is 13.3 Å². The van der Waals surface area contributed by atoms with Crippen molar-refractivity contribution in [2.24, 2.45) is 0 Å². The molecule has 0 bridgehead atoms. The van der Waals surface area contributed by atoms with E-state index in [0.29, 0.717) is 6.16 Å². The van der Waals surface area contributed by atoms with Gasteiger partial charge in [0.25, 0.3) is 8.38 Å². The minimum absolute atomic E-state index is 0.670. The van der Waals surface area contributed by atoms with Crippen molar-refractivity contribution >= 4 is 8.38 Å². The highest BCUT2D eigenvalue weighted by molar-refractivity contribution is 7.47. The molecule has 0 saturated carbocycles. The minimum atomic E-state index is -1.28. The lowest BCUT2D eigenvalue weighted by Crippen LogP contribution is -2.09. The van der Waals surface area contributed by atoms with E-state index < -0.39 is 8.38 Å². The van der Waals surface area contributed by atoms with Gasteiger partial charge in [-0.1, -0.05) is 77.9 Å². The third kappa shape index (κ3) is 4.79. The summed E-state index contributed by atoms with van der Waals surface area (Å²) in [6.45, 7) is 8.56. The molecule has 0 amide bonds. The van der Waals surface area contributed by atoms with Crippen LogP contribution < -0.4 is 13.8 Å². The molecule has 4 aromatic rings. The average molecular weight is 483 g/mol. The van der Waals surface area contributed by atoms with Crippen molar-refractivity contribution in [1.29, 1.82) is 0 Å². The second kappa shape index (κ2) is 9.76. The van der Waals surface area contributed by atoms with E-state index >= 15 is 0 Å². The van der Waals surface area contributed by atoms with Crippen LogP contribution in [0.3, 0.4) is 0 Å². The Morgan fingerprint density at radius 3 is 1.86 bits per heavy atom. The summed E-state index contributed by atoms with van der Waals surface area (Å²) >= 11 is 0. The summed E-state index contributed by atoms with van der Waals surface area (Å²) in [4.78, 5) is 0. The quantitative estimate of drug-likeness (QED) is 0.273. The molecule has 0 N–H and O–H groups in total. The van der Waals surface area contributed by atoms with Crippen LogP contribution in [0.2, 0.25) is 0 Å². The Morgan fingerprint density at radius 2 is 1.26 bits per heavy atom. The molecule has 4 heteroatoms. The van der Waals surface area contributed by atoms with Crippen molar-refractivity contribution in [2.45, 2.75) is 40.3 Å². The van der Waals surface area contributed by atoms with Crippen LogP contribution in [-0.2, 0) is 12.6 Å². The van der Waals surface area contributed by atoms with E-state index in [1.165, 1.54) is 27.8 Å². The lowest BCUT2D eigenvalue weighted by Gasteiger charge is -2.28. The van der Waals surface area contributed by atoms with Crippen molar-refractivity contribution in [3.05, 3.63) is 112 Å². The van der Waals surface area contributed by atoms with Crippen LogP contribution in [-0.4, -0.2) is 7.11 Å².